The van der Waals surface area contributed by atoms with E-state index >= 15 is 0 Å². The highest BCUT2D eigenvalue weighted by molar-refractivity contribution is 6.32. The first-order chi connectivity index (χ1) is 15.9. The van der Waals surface area contributed by atoms with E-state index in [1.807, 2.05) is 6.92 Å². The van der Waals surface area contributed by atoms with E-state index in [1.165, 1.54) is 23.0 Å². The van der Waals surface area contributed by atoms with Crippen LogP contribution in [0.15, 0.2) is 55.3 Å². The Morgan fingerprint density at radius 1 is 1.21 bits per heavy atom. The SMILES string of the molecule is C=CCOc1cc(C(=O)Nc2ccc(Cl)cc2C(=O)NCCCC)n(-c2ncccc2Cl)n1. The van der Waals surface area contributed by atoms with Gasteiger partial charge in [-0.15, -0.1) is 5.10 Å². The molecule has 0 unspecified atom stereocenters. The van der Waals surface area contributed by atoms with E-state index in [9.17, 15) is 9.59 Å². The molecule has 0 saturated heterocycles. The summed E-state index contributed by atoms with van der Waals surface area (Å²) in [7, 11) is 0. The Morgan fingerprint density at radius 2 is 2.03 bits per heavy atom. The second kappa shape index (κ2) is 11.5. The molecule has 172 valence electrons. The van der Waals surface area contributed by atoms with Crippen molar-refractivity contribution < 1.29 is 14.3 Å². The monoisotopic (exact) mass is 487 g/mol. The number of ether oxygens (including phenoxy) is 1. The molecule has 0 fully saturated rings. The summed E-state index contributed by atoms with van der Waals surface area (Å²) in [6.45, 7) is 6.36. The zero-order valence-electron chi connectivity index (χ0n) is 18.0. The molecule has 10 heteroatoms. The number of amides is 2. The number of pyridine rings is 1. The fourth-order valence-electron chi connectivity index (χ4n) is 2.90. The van der Waals surface area contributed by atoms with Gasteiger partial charge in [0.2, 0.25) is 5.88 Å². The van der Waals surface area contributed by atoms with Crippen molar-refractivity contribution >= 4 is 40.7 Å². The van der Waals surface area contributed by atoms with E-state index < -0.39 is 5.91 Å². The van der Waals surface area contributed by atoms with E-state index in [-0.39, 0.29) is 35.5 Å². The van der Waals surface area contributed by atoms with Crippen molar-refractivity contribution in [3.05, 3.63) is 76.6 Å². The molecule has 2 N–H and O–H groups in total. The largest absolute Gasteiger partial charge is 0.472 e. The molecule has 3 rings (SSSR count). The molecule has 0 spiro atoms. The summed E-state index contributed by atoms with van der Waals surface area (Å²) in [5.41, 5.74) is 0.658. The molecule has 2 aromatic heterocycles. The Morgan fingerprint density at radius 3 is 2.76 bits per heavy atom. The maximum absolute atomic E-state index is 13.2. The maximum Gasteiger partial charge on any atom is 0.274 e. The summed E-state index contributed by atoms with van der Waals surface area (Å²) in [6, 6.07) is 9.42. The molecule has 8 nitrogen and oxygen atoms in total. The Hall–Kier alpha value is -3.36. The first kappa shape index (κ1) is 24.3. The summed E-state index contributed by atoms with van der Waals surface area (Å²) in [5, 5.41) is 10.6. The van der Waals surface area contributed by atoms with Crippen molar-refractivity contribution in [2.24, 2.45) is 0 Å². The van der Waals surface area contributed by atoms with Gasteiger partial charge in [0.05, 0.1) is 16.3 Å². The minimum absolute atomic E-state index is 0.113. The first-order valence-corrected chi connectivity index (χ1v) is 11.0. The second-order valence-corrected chi connectivity index (χ2v) is 7.79. The number of halogens is 2. The van der Waals surface area contributed by atoms with Crippen molar-refractivity contribution in [1.82, 2.24) is 20.1 Å². The van der Waals surface area contributed by atoms with Crippen molar-refractivity contribution in [3.63, 3.8) is 0 Å². The number of anilines is 1. The van der Waals surface area contributed by atoms with Crippen molar-refractivity contribution in [1.29, 1.82) is 0 Å². The Balaban J connectivity index is 1.94. The normalized spacial score (nSPS) is 10.5. The molecule has 3 aromatic rings. The van der Waals surface area contributed by atoms with Crippen molar-refractivity contribution in [2.45, 2.75) is 19.8 Å². The summed E-state index contributed by atoms with van der Waals surface area (Å²) in [6.07, 6.45) is 4.87. The number of nitrogens with zero attached hydrogens (tertiary/aromatic N) is 3. The van der Waals surface area contributed by atoms with Gasteiger partial charge in [-0.2, -0.15) is 0 Å². The van der Waals surface area contributed by atoms with Gasteiger partial charge in [0.15, 0.2) is 5.82 Å². The second-order valence-electron chi connectivity index (χ2n) is 6.94. The van der Waals surface area contributed by atoms with Crippen LogP contribution in [-0.4, -0.2) is 39.7 Å². The van der Waals surface area contributed by atoms with Crippen molar-refractivity contribution in [2.75, 3.05) is 18.5 Å². The third-order valence-electron chi connectivity index (χ3n) is 4.50. The van der Waals surface area contributed by atoms with Crippen LogP contribution in [-0.2, 0) is 0 Å². The Kier molecular flexibility index (Phi) is 8.46. The van der Waals surface area contributed by atoms with Gasteiger partial charge < -0.3 is 15.4 Å². The molecule has 0 radical (unpaired) electrons. The molecule has 0 aliphatic carbocycles. The lowest BCUT2D eigenvalue weighted by atomic mass is 10.1. The number of carbonyl (C=O) groups excluding carboxylic acids is 2. The highest BCUT2D eigenvalue weighted by Gasteiger charge is 2.22. The molecule has 33 heavy (non-hydrogen) atoms. The predicted octanol–water partition coefficient (Wildman–Crippen LogP) is 4.92. The van der Waals surface area contributed by atoms with Gasteiger partial charge >= 0.3 is 0 Å². The number of nitrogens with one attached hydrogen (secondary N) is 2. The third kappa shape index (κ3) is 6.12. The summed E-state index contributed by atoms with van der Waals surface area (Å²) < 4.78 is 6.77. The molecule has 0 bridgehead atoms. The van der Waals surface area contributed by atoms with Crippen LogP contribution in [0.2, 0.25) is 10.0 Å². The van der Waals surface area contributed by atoms with Gasteiger partial charge in [0.25, 0.3) is 11.8 Å². The molecular weight excluding hydrogens is 465 g/mol. The number of hydrogen-bond donors (Lipinski definition) is 2. The van der Waals surface area contributed by atoms with Crippen molar-refractivity contribution in [3.8, 4) is 11.7 Å². The predicted molar refractivity (Wildman–Crippen MR) is 129 cm³/mol. The Bertz CT molecular complexity index is 1160. The molecule has 0 aliphatic heterocycles. The number of rotatable bonds is 10. The number of aromatic nitrogens is 3. The molecule has 2 amide bonds. The minimum atomic E-state index is -0.539. The van der Waals surface area contributed by atoms with E-state index in [0.717, 1.165) is 12.8 Å². The zero-order valence-corrected chi connectivity index (χ0v) is 19.5. The van der Waals surface area contributed by atoms with Crippen LogP contribution in [0.3, 0.4) is 0 Å². The van der Waals surface area contributed by atoms with E-state index in [0.29, 0.717) is 22.3 Å². The first-order valence-electron chi connectivity index (χ1n) is 10.3. The van der Waals surface area contributed by atoms with E-state index in [1.54, 1.807) is 30.3 Å². The summed E-state index contributed by atoms with van der Waals surface area (Å²) >= 11 is 12.4. The van der Waals surface area contributed by atoms with Crippen LogP contribution < -0.4 is 15.4 Å². The lowest BCUT2D eigenvalue weighted by molar-refractivity contribution is 0.0954. The Labute approximate surface area is 201 Å². The molecule has 2 heterocycles. The van der Waals surface area contributed by atoms with Gasteiger partial charge in [0, 0.05) is 23.8 Å². The average molecular weight is 488 g/mol. The molecule has 1 aromatic carbocycles. The lowest BCUT2D eigenvalue weighted by Gasteiger charge is -2.13. The van der Waals surface area contributed by atoms with Crippen LogP contribution in [0, 0.1) is 0 Å². The molecule has 0 saturated carbocycles. The molecule has 0 aliphatic rings. The fourth-order valence-corrected chi connectivity index (χ4v) is 3.28. The lowest BCUT2D eigenvalue weighted by Crippen LogP contribution is -2.26. The number of unbranched alkanes of at least 4 members (excludes halogenated alkanes) is 1. The van der Waals surface area contributed by atoms with Gasteiger partial charge in [0.1, 0.15) is 12.3 Å². The van der Waals surface area contributed by atoms with Crippen LogP contribution in [0.1, 0.15) is 40.6 Å². The highest BCUT2D eigenvalue weighted by Crippen LogP contribution is 2.25. The van der Waals surface area contributed by atoms with Gasteiger partial charge in [-0.1, -0.05) is 49.2 Å². The maximum atomic E-state index is 13.2. The van der Waals surface area contributed by atoms with Gasteiger partial charge in [-0.3, -0.25) is 9.59 Å². The van der Waals surface area contributed by atoms with Crippen LogP contribution in [0.25, 0.3) is 5.82 Å². The quantitative estimate of drug-likeness (QED) is 0.312. The standard InChI is InChI=1S/C23H23Cl2N5O3/c1-3-5-10-27-22(31)16-13-15(24)8-9-18(16)28-23(32)19-14-20(33-12-4-2)29-30(19)21-17(25)7-6-11-26-21/h4,6-9,11,13-14H,2-3,5,10,12H2,1H3,(H,27,31)(H,28,32). The van der Waals surface area contributed by atoms with Gasteiger partial charge in [-0.25, -0.2) is 9.67 Å². The number of hydrogen-bond acceptors (Lipinski definition) is 5. The summed E-state index contributed by atoms with van der Waals surface area (Å²) in [4.78, 5) is 30.1. The molecule has 0 atom stereocenters. The van der Waals surface area contributed by atoms with Crippen LogP contribution in [0.4, 0.5) is 5.69 Å². The smallest absolute Gasteiger partial charge is 0.274 e. The van der Waals surface area contributed by atoms with E-state index in [4.69, 9.17) is 27.9 Å². The minimum Gasteiger partial charge on any atom is -0.472 e. The average Bonchev–Trinajstić information content (AvgIpc) is 3.23. The van der Waals surface area contributed by atoms with Crippen LogP contribution in [0.5, 0.6) is 5.88 Å². The number of benzene rings is 1. The van der Waals surface area contributed by atoms with E-state index in [2.05, 4.69) is 27.3 Å². The van der Waals surface area contributed by atoms with Crippen LogP contribution >= 0.6 is 23.2 Å². The number of carbonyl (C=O) groups is 2. The molecular formula is C23H23Cl2N5O3. The highest BCUT2D eigenvalue weighted by atomic mass is 35.5. The third-order valence-corrected chi connectivity index (χ3v) is 5.03. The fraction of sp³-hybridized carbons (Fsp3) is 0.217. The summed E-state index contributed by atoms with van der Waals surface area (Å²) in [5.74, 6) is -0.429. The topological polar surface area (TPSA) is 98.1 Å². The zero-order chi connectivity index (χ0) is 23.8. The van der Waals surface area contributed by atoms with Gasteiger partial charge in [-0.05, 0) is 36.8 Å².